The van der Waals surface area contributed by atoms with Crippen LogP contribution in [-0.4, -0.2) is 42.4 Å². The molecule has 3 rings (SSSR count). The van der Waals surface area contributed by atoms with E-state index in [9.17, 15) is 14.9 Å². The summed E-state index contributed by atoms with van der Waals surface area (Å²) in [7, 11) is 0. The molecule has 2 aliphatic rings. The van der Waals surface area contributed by atoms with Crippen molar-refractivity contribution in [3.63, 3.8) is 0 Å². The number of carbonyl (C=O) groups excluding carboxylic acids is 1. The van der Waals surface area contributed by atoms with Gasteiger partial charge in [-0.2, -0.15) is 0 Å². The van der Waals surface area contributed by atoms with Crippen LogP contribution in [0.15, 0.2) is 41.1 Å². The molecule has 23 heavy (non-hydrogen) atoms. The van der Waals surface area contributed by atoms with Crippen LogP contribution in [0.5, 0.6) is 0 Å². The first-order valence-electron chi connectivity index (χ1n) is 7.65. The molecule has 1 saturated heterocycles. The molecular weight excluding hydrogens is 296 g/mol. The predicted octanol–water partition coefficient (Wildman–Crippen LogP) is 2.56. The number of nitrogens with zero attached hydrogens (tertiary/aromatic N) is 2. The zero-order valence-corrected chi connectivity index (χ0v) is 12.7. The molecule has 6 heteroatoms. The lowest BCUT2D eigenvalue weighted by atomic mass is 10.1. The average molecular weight is 314 g/mol. The van der Waals surface area contributed by atoms with Crippen LogP contribution >= 0.6 is 0 Å². The van der Waals surface area contributed by atoms with Crippen molar-refractivity contribution in [2.45, 2.75) is 12.8 Å². The molecule has 6 nitrogen and oxygen atoms in total. The number of aldehydes is 1. The number of nitro benzene ring substituents is 1. The van der Waals surface area contributed by atoms with Crippen molar-refractivity contribution in [1.29, 1.82) is 0 Å². The number of rotatable bonds is 4. The van der Waals surface area contributed by atoms with E-state index in [1.54, 1.807) is 12.1 Å². The lowest BCUT2D eigenvalue weighted by Gasteiger charge is -2.31. The number of ether oxygens (including phenoxy) is 1. The first kappa shape index (κ1) is 15.4. The quantitative estimate of drug-likeness (QED) is 0.485. The molecule has 0 radical (unpaired) electrons. The molecule has 0 aromatic heterocycles. The molecule has 1 fully saturated rings. The smallest absolute Gasteiger partial charge is 0.269 e. The minimum Gasteiger partial charge on any atom is -0.378 e. The fourth-order valence-electron chi connectivity index (χ4n) is 3.05. The summed E-state index contributed by atoms with van der Waals surface area (Å²) in [4.78, 5) is 23.9. The first-order valence-corrected chi connectivity index (χ1v) is 7.65. The van der Waals surface area contributed by atoms with E-state index in [-0.39, 0.29) is 5.69 Å². The van der Waals surface area contributed by atoms with Crippen LogP contribution in [0.1, 0.15) is 18.4 Å². The molecular formula is C17H18N2O4. The summed E-state index contributed by atoms with van der Waals surface area (Å²) < 4.78 is 5.38. The van der Waals surface area contributed by atoms with Crippen molar-refractivity contribution in [3.05, 3.63) is 56.8 Å². The van der Waals surface area contributed by atoms with Gasteiger partial charge in [0.05, 0.1) is 18.1 Å². The molecule has 1 aromatic rings. The van der Waals surface area contributed by atoms with Crippen molar-refractivity contribution >= 4 is 18.0 Å². The summed E-state index contributed by atoms with van der Waals surface area (Å²) in [6.07, 6.45) is 4.53. The van der Waals surface area contributed by atoms with E-state index < -0.39 is 4.92 Å². The Morgan fingerprint density at radius 1 is 1.13 bits per heavy atom. The van der Waals surface area contributed by atoms with Gasteiger partial charge in [-0.1, -0.05) is 0 Å². The van der Waals surface area contributed by atoms with E-state index >= 15 is 0 Å². The van der Waals surface area contributed by atoms with Gasteiger partial charge < -0.3 is 9.64 Å². The zero-order valence-electron chi connectivity index (χ0n) is 12.7. The second kappa shape index (κ2) is 6.75. The summed E-state index contributed by atoms with van der Waals surface area (Å²) in [5.74, 6) is 0. The van der Waals surface area contributed by atoms with Gasteiger partial charge in [0.25, 0.3) is 5.69 Å². The molecule has 0 amide bonds. The van der Waals surface area contributed by atoms with Gasteiger partial charge in [-0.15, -0.1) is 0 Å². The van der Waals surface area contributed by atoms with Crippen LogP contribution in [0, 0.1) is 10.1 Å². The van der Waals surface area contributed by atoms with Gasteiger partial charge in [-0.25, -0.2) is 0 Å². The maximum absolute atomic E-state index is 11.4. The van der Waals surface area contributed by atoms with E-state index in [0.29, 0.717) is 13.2 Å². The SMILES string of the molecule is O=CC1=C(N2CCOCC2)/C(=C/c2ccc([N+](=O)[O-])cc2)CC1. The fourth-order valence-corrected chi connectivity index (χ4v) is 3.05. The van der Waals surface area contributed by atoms with Crippen molar-refractivity contribution in [1.82, 2.24) is 4.90 Å². The third kappa shape index (κ3) is 3.32. The molecule has 0 unspecified atom stereocenters. The van der Waals surface area contributed by atoms with E-state index in [4.69, 9.17) is 4.74 Å². The molecule has 1 aliphatic carbocycles. The average Bonchev–Trinajstić information content (AvgIpc) is 2.99. The van der Waals surface area contributed by atoms with Crippen LogP contribution in [-0.2, 0) is 9.53 Å². The monoisotopic (exact) mass is 314 g/mol. The Kier molecular flexibility index (Phi) is 4.52. The number of hydrogen-bond acceptors (Lipinski definition) is 5. The molecule has 0 saturated carbocycles. The highest BCUT2D eigenvalue weighted by Crippen LogP contribution is 2.34. The maximum Gasteiger partial charge on any atom is 0.269 e. The number of carbonyl (C=O) groups is 1. The summed E-state index contributed by atoms with van der Waals surface area (Å²) in [5.41, 5.74) is 3.95. The Balaban J connectivity index is 1.89. The van der Waals surface area contributed by atoms with Crippen molar-refractivity contribution in [2.24, 2.45) is 0 Å². The number of benzene rings is 1. The Hall–Kier alpha value is -2.47. The largest absolute Gasteiger partial charge is 0.378 e. The van der Waals surface area contributed by atoms with Gasteiger partial charge in [0.2, 0.25) is 0 Å². The first-order chi connectivity index (χ1) is 11.2. The third-order valence-corrected chi connectivity index (χ3v) is 4.19. The molecule has 0 spiro atoms. The number of allylic oxidation sites excluding steroid dienone is 2. The van der Waals surface area contributed by atoms with E-state index in [0.717, 1.165) is 54.6 Å². The summed E-state index contributed by atoms with van der Waals surface area (Å²) in [6, 6.07) is 6.47. The van der Waals surface area contributed by atoms with Gasteiger partial charge in [0, 0.05) is 36.5 Å². The lowest BCUT2D eigenvalue weighted by Crippen LogP contribution is -2.36. The number of morpholine rings is 1. The predicted molar refractivity (Wildman–Crippen MR) is 85.8 cm³/mol. The highest BCUT2D eigenvalue weighted by molar-refractivity contribution is 5.80. The van der Waals surface area contributed by atoms with E-state index in [2.05, 4.69) is 4.90 Å². The zero-order chi connectivity index (χ0) is 16.2. The Labute approximate surface area is 134 Å². The minimum atomic E-state index is -0.407. The Morgan fingerprint density at radius 2 is 1.83 bits per heavy atom. The topological polar surface area (TPSA) is 72.7 Å². The van der Waals surface area contributed by atoms with Gasteiger partial charge in [-0.3, -0.25) is 14.9 Å². The molecule has 0 bridgehead atoms. The summed E-state index contributed by atoms with van der Waals surface area (Å²) in [5, 5.41) is 10.7. The highest BCUT2D eigenvalue weighted by Gasteiger charge is 2.25. The van der Waals surface area contributed by atoms with Gasteiger partial charge in [-0.05, 0) is 42.2 Å². The van der Waals surface area contributed by atoms with Crippen LogP contribution < -0.4 is 0 Å². The molecule has 0 N–H and O–H groups in total. The van der Waals surface area contributed by atoms with Crippen LogP contribution in [0.25, 0.3) is 6.08 Å². The Morgan fingerprint density at radius 3 is 2.43 bits per heavy atom. The van der Waals surface area contributed by atoms with E-state index in [1.807, 2.05) is 6.08 Å². The maximum atomic E-state index is 11.4. The molecule has 1 aromatic carbocycles. The molecule has 1 heterocycles. The van der Waals surface area contributed by atoms with Crippen LogP contribution in [0.4, 0.5) is 5.69 Å². The standard InChI is InChI=1S/C17H18N2O4/c20-12-15-4-3-14(17(15)18-7-9-23-10-8-18)11-13-1-5-16(6-2-13)19(21)22/h1-2,5-6,11-12H,3-4,7-10H2/b14-11+. The number of hydrogen-bond donors (Lipinski definition) is 0. The molecule has 120 valence electrons. The third-order valence-electron chi connectivity index (χ3n) is 4.19. The van der Waals surface area contributed by atoms with Crippen LogP contribution in [0.3, 0.4) is 0 Å². The summed E-state index contributed by atoms with van der Waals surface area (Å²) in [6.45, 7) is 2.90. The second-order valence-corrected chi connectivity index (χ2v) is 5.61. The Bertz CT molecular complexity index is 670. The molecule has 0 atom stereocenters. The van der Waals surface area contributed by atoms with Gasteiger partial charge >= 0.3 is 0 Å². The van der Waals surface area contributed by atoms with Crippen LogP contribution in [0.2, 0.25) is 0 Å². The lowest BCUT2D eigenvalue weighted by molar-refractivity contribution is -0.384. The minimum absolute atomic E-state index is 0.0797. The highest BCUT2D eigenvalue weighted by atomic mass is 16.6. The second-order valence-electron chi connectivity index (χ2n) is 5.61. The molecule has 1 aliphatic heterocycles. The fraction of sp³-hybridized carbons (Fsp3) is 0.353. The van der Waals surface area contributed by atoms with Gasteiger partial charge in [0.15, 0.2) is 0 Å². The number of nitro groups is 1. The number of non-ortho nitro benzene ring substituents is 1. The van der Waals surface area contributed by atoms with Crippen molar-refractivity contribution in [2.75, 3.05) is 26.3 Å². The van der Waals surface area contributed by atoms with E-state index in [1.165, 1.54) is 12.1 Å². The van der Waals surface area contributed by atoms with Gasteiger partial charge in [0.1, 0.15) is 6.29 Å². The normalized spacial score (nSPS) is 20.2. The van der Waals surface area contributed by atoms with Crippen molar-refractivity contribution in [3.8, 4) is 0 Å². The summed E-state index contributed by atoms with van der Waals surface area (Å²) >= 11 is 0. The van der Waals surface area contributed by atoms with Crippen molar-refractivity contribution < 1.29 is 14.5 Å².